The molecule has 27 heavy (non-hydrogen) atoms. The number of esters is 1. The maximum atomic E-state index is 12.0. The summed E-state index contributed by atoms with van der Waals surface area (Å²) in [5.41, 5.74) is 2.61. The lowest BCUT2D eigenvalue weighted by atomic mass is 10.0. The van der Waals surface area contributed by atoms with Crippen LogP contribution < -0.4 is 14.8 Å². The summed E-state index contributed by atoms with van der Waals surface area (Å²) in [5, 5.41) is 2.72. The van der Waals surface area contributed by atoms with E-state index < -0.39 is 5.97 Å². The smallest absolute Gasteiger partial charge is 0.310 e. The predicted octanol–water partition coefficient (Wildman–Crippen LogP) is 3.31. The molecular weight excluding hydrogens is 346 g/mol. The Morgan fingerprint density at radius 2 is 1.74 bits per heavy atom. The summed E-state index contributed by atoms with van der Waals surface area (Å²) < 4.78 is 16.0. The van der Waals surface area contributed by atoms with Crippen LogP contribution in [-0.4, -0.2) is 31.7 Å². The monoisotopic (exact) mass is 369 g/mol. The van der Waals surface area contributed by atoms with Crippen LogP contribution in [0.25, 0.3) is 0 Å². The summed E-state index contributed by atoms with van der Waals surface area (Å²) in [4.78, 5) is 23.9. The van der Waals surface area contributed by atoms with Crippen molar-refractivity contribution in [3.63, 3.8) is 0 Å². The van der Waals surface area contributed by atoms with Gasteiger partial charge in [0.15, 0.2) is 18.1 Å². The Balaban J connectivity index is 1.46. The van der Waals surface area contributed by atoms with Gasteiger partial charge in [0.2, 0.25) is 0 Å². The van der Waals surface area contributed by atoms with Gasteiger partial charge in [0.05, 0.1) is 6.42 Å². The second-order valence-corrected chi connectivity index (χ2v) is 6.64. The van der Waals surface area contributed by atoms with E-state index in [1.807, 2.05) is 24.3 Å². The molecular formula is C21H23NO5. The number of hydrogen-bond donors (Lipinski definition) is 1. The van der Waals surface area contributed by atoms with Crippen LogP contribution in [0.3, 0.4) is 0 Å². The number of nitrogens with one attached hydrogen (secondary N) is 1. The maximum Gasteiger partial charge on any atom is 0.310 e. The molecule has 1 amide bonds. The minimum atomic E-state index is -0.475. The zero-order valence-corrected chi connectivity index (χ0v) is 15.5. The highest BCUT2D eigenvalue weighted by Crippen LogP contribution is 2.30. The third-order valence-corrected chi connectivity index (χ3v) is 4.18. The first-order valence-electron chi connectivity index (χ1n) is 8.95. The highest BCUT2D eigenvalue weighted by Gasteiger charge is 2.14. The molecule has 2 aromatic rings. The Morgan fingerprint density at radius 3 is 2.44 bits per heavy atom. The van der Waals surface area contributed by atoms with Gasteiger partial charge in [0, 0.05) is 5.69 Å². The van der Waals surface area contributed by atoms with Crippen molar-refractivity contribution in [3.05, 3.63) is 53.6 Å². The van der Waals surface area contributed by atoms with E-state index in [1.165, 1.54) is 5.56 Å². The fourth-order valence-electron chi connectivity index (χ4n) is 2.71. The molecule has 3 rings (SSSR count). The number of hydrogen-bond acceptors (Lipinski definition) is 5. The Bertz CT molecular complexity index is 814. The lowest BCUT2D eigenvalue weighted by molar-refractivity contribution is -0.146. The average Bonchev–Trinajstić information content (AvgIpc) is 2.67. The zero-order valence-electron chi connectivity index (χ0n) is 15.5. The quantitative estimate of drug-likeness (QED) is 0.791. The van der Waals surface area contributed by atoms with Gasteiger partial charge in [-0.05, 0) is 41.3 Å². The van der Waals surface area contributed by atoms with Gasteiger partial charge in [-0.25, -0.2) is 0 Å². The number of ether oxygens (including phenoxy) is 3. The van der Waals surface area contributed by atoms with Crippen LogP contribution in [0.15, 0.2) is 42.5 Å². The molecule has 0 unspecified atom stereocenters. The summed E-state index contributed by atoms with van der Waals surface area (Å²) in [6, 6.07) is 12.9. The van der Waals surface area contributed by atoms with Crippen molar-refractivity contribution in [2.24, 2.45) is 0 Å². The van der Waals surface area contributed by atoms with Gasteiger partial charge >= 0.3 is 5.97 Å². The molecule has 6 nitrogen and oxygen atoms in total. The largest absolute Gasteiger partial charge is 0.486 e. The van der Waals surface area contributed by atoms with Crippen LogP contribution >= 0.6 is 0 Å². The van der Waals surface area contributed by atoms with Gasteiger partial charge in [-0.1, -0.05) is 32.0 Å². The lowest BCUT2D eigenvalue weighted by Crippen LogP contribution is -2.21. The topological polar surface area (TPSA) is 73.9 Å². The van der Waals surface area contributed by atoms with E-state index in [0.29, 0.717) is 36.3 Å². The number of benzene rings is 2. The third kappa shape index (κ3) is 5.23. The van der Waals surface area contributed by atoms with E-state index in [2.05, 4.69) is 19.2 Å². The summed E-state index contributed by atoms with van der Waals surface area (Å²) >= 11 is 0. The Morgan fingerprint density at radius 1 is 1.04 bits per heavy atom. The molecule has 2 aromatic carbocycles. The summed E-state index contributed by atoms with van der Waals surface area (Å²) in [6.45, 7) is 4.89. The van der Waals surface area contributed by atoms with Crippen molar-refractivity contribution >= 4 is 17.6 Å². The summed E-state index contributed by atoms with van der Waals surface area (Å²) in [6.07, 6.45) is 0.0625. The molecule has 0 saturated heterocycles. The van der Waals surface area contributed by atoms with E-state index in [4.69, 9.17) is 14.2 Å². The van der Waals surface area contributed by atoms with Crippen molar-refractivity contribution in [2.75, 3.05) is 25.1 Å². The van der Waals surface area contributed by atoms with Crippen molar-refractivity contribution in [1.82, 2.24) is 0 Å². The first kappa shape index (κ1) is 18.8. The Labute approximate surface area is 158 Å². The fourth-order valence-corrected chi connectivity index (χ4v) is 2.71. The van der Waals surface area contributed by atoms with Gasteiger partial charge in [0.1, 0.15) is 13.2 Å². The molecule has 1 aliphatic heterocycles. The number of anilines is 1. The van der Waals surface area contributed by atoms with Gasteiger partial charge in [0.25, 0.3) is 5.91 Å². The van der Waals surface area contributed by atoms with E-state index in [-0.39, 0.29) is 18.9 Å². The van der Waals surface area contributed by atoms with Gasteiger partial charge in [-0.15, -0.1) is 0 Å². The molecule has 1 N–H and O–H groups in total. The van der Waals surface area contributed by atoms with Crippen molar-refractivity contribution in [1.29, 1.82) is 0 Å². The molecule has 0 aliphatic carbocycles. The van der Waals surface area contributed by atoms with Crippen LogP contribution in [0.2, 0.25) is 0 Å². The average molecular weight is 369 g/mol. The van der Waals surface area contributed by atoms with Crippen LogP contribution in [0.4, 0.5) is 5.69 Å². The lowest BCUT2D eigenvalue weighted by Gasteiger charge is -2.18. The summed E-state index contributed by atoms with van der Waals surface area (Å²) in [5.74, 6) is 0.867. The fraction of sp³-hybridized carbons (Fsp3) is 0.333. The number of fused-ring (bicyclic) bond motifs is 1. The first-order chi connectivity index (χ1) is 13.0. The van der Waals surface area contributed by atoms with Crippen molar-refractivity contribution in [3.8, 4) is 11.5 Å². The number of rotatable bonds is 6. The maximum absolute atomic E-state index is 12.0. The zero-order chi connectivity index (χ0) is 19.2. The van der Waals surface area contributed by atoms with Crippen LogP contribution in [0, 0.1) is 0 Å². The SMILES string of the molecule is CC(C)c1ccc(NC(=O)COC(=O)Cc2ccc3c(c2)OCCO3)cc1. The minimum absolute atomic E-state index is 0.0625. The van der Waals surface area contributed by atoms with Crippen LogP contribution in [0.5, 0.6) is 11.5 Å². The summed E-state index contributed by atoms with van der Waals surface area (Å²) in [7, 11) is 0. The van der Waals surface area contributed by atoms with Crippen molar-refractivity contribution < 1.29 is 23.8 Å². The predicted molar refractivity (Wildman–Crippen MR) is 101 cm³/mol. The van der Waals surface area contributed by atoms with E-state index in [1.54, 1.807) is 18.2 Å². The Hall–Kier alpha value is -3.02. The molecule has 0 fully saturated rings. The van der Waals surface area contributed by atoms with Gasteiger partial charge < -0.3 is 19.5 Å². The molecule has 0 saturated carbocycles. The second kappa shape index (κ2) is 8.58. The third-order valence-electron chi connectivity index (χ3n) is 4.18. The van der Waals surface area contributed by atoms with Crippen molar-refractivity contribution in [2.45, 2.75) is 26.2 Å². The number of carbonyl (C=O) groups is 2. The van der Waals surface area contributed by atoms with Gasteiger partial charge in [-0.2, -0.15) is 0 Å². The Kier molecular flexibility index (Phi) is 5.96. The second-order valence-electron chi connectivity index (χ2n) is 6.64. The minimum Gasteiger partial charge on any atom is -0.486 e. The number of carbonyl (C=O) groups excluding carboxylic acids is 2. The molecule has 1 aliphatic rings. The number of amides is 1. The first-order valence-corrected chi connectivity index (χ1v) is 8.95. The molecule has 142 valence electrons. The molecule has 0 atom stereocenters. The van der Waals surface area contributed by atoms with Crippen LogP contribution in [-0.2, 0) is 20.7 Å². The van der Waals surface area contributed by atoms with E-state index >= 15 is 0 Å². The highest BCUT2D eigenvalue weighted by atomic mass is 16.6. The molecule has 0 aromatic heterocycles. The van der Waals surface area contributed by atoms with Gasteiger partial charge in [-0.3, -0.25) is 9.59 Å². The van der Waals surface area contributed by atoms with Crippen LogP contribution in [0.1, 0.15) is 30.9 Å². The van der Waals surface area contributed by atoms with E-state index in [9.17, 15) is 9.59 Å². The molecule has 1 heterocycles. The molecule has 0 spiro atoms. The standard InChI is InChI=1S/C21H23NO5/c1-14(2)16-4-6-17(7-5-16)22-20(23)13-27-21(24)12-15-3-8-18-19(11-15)26-10-9-25-18/h3-8,11,14H,9-10,12-13H2,1-2H3,(H,22,23). The molecule has 0 radical (unpaired) electrons. The highest BCUT2D eigenvalue weighted by molar-refractivity contribution is 5.92. The molecule has 0 bridgehead atoms. The van der Waals surface area contributed by atoms with E-state index in [0.717, 1.165) is 5.56 Å². The molecule has 6 heteroatoms. The normalized spacial score (nSPS) is 12.6.